The summed E-state index contributed by atoms with van der Waals surface area (Å²) in [4.78, 5) is 36.0. The fourth-order valence-electron chi connectivity index (χ4n) is 2.59. The predicted octanol–water partition coefficient (Wildman–Crippen LogP) is 2.86. The minimum Gasteiger partial charge on any atom is -0.478 e. The van der Waals surface area contributed by atoms with Crippen molar-refractivity contribution in [3.8, 4) is 5.75 Å². The van der Waals surface area contributed by atoms with Crippen molar-refractivity contribution in [1.29, 1.82) is 0 Å². The van der Waals surface area contributed by atoms with Crippen LogP contribution in [0.1, 0.15) is 50.0 Å². The normalized spacial score (nSPS) is 11.9. The number of amides is 3. The molecule has 1 atom stereocenters. The number of benzene rings is 2. The molecule has 0 heterocycles. The summed E-state index contributed by atoms with van der Waals surface area (Å²) in [6.07, 6.45) is -1.05. The number of hydrogen-bond donors (Lipinski definition) is 3. The Kier molecular flexibility index (Phi) is 8.13. The first-order valence-electron chi connectivity index (χ1n) is 9.96. The van der Waals surface area contributed by atoms with E-state index in [1.54, 1.807) is 18.2 Å². The number of hydrogen-bond acceptors (Lipinski definition) is 4. The maximum absolute atomic E-state index is 13.6. The van der Waals surface area contributed by atoms with Gasteiger partial charge in [0.05, 0.1) is 0 Å². The molecule has 7 nitrogen and oxygen atoms in total. The van der Waals surface area contributed by atoms with Crippen molar-refractivity contribution >= 4 is 17.7 Å². The summed E-state index contributed by atoms with van der Waals surface area (Å²) in [5, 5.41) is 2.66. The molecule has 3 amide bonds. The quantitative estimate of drug-likeness (QED) is 0.590. The van der Waals surface area contributed by atoms with Gasteiger partial charge >= 0.3 is 0 Å². The average molecular weight is 429 g/mol. The molecule has 0 spiro atoms. The second-order valence-corrected chi connectivity index (χ2v) is 8.06. The van der Waals surface area contributed by atoms with E-state index >= 15 is 0 Å². The van der Waals surface area contributed by atoms with Crippen LogP contribution in [0, 0.1) is 5.82 Å². The Labute approximate surface area is 181 Å². The third-order valence-corrected chi connectivity index (χ3v) is 4.49. The van der Waals surface area contributed by atoms with Gasteiger partial charge in [0.15, 0.2) is 17.7 Å². The van der Waals surface area contributed by atoms with Crippen molar-refractivity contribution in [2.75, 3.05) is 6.54 Å². The van der Waals surface area contributed by atoms with Gasteiger partial charge in [0.1, 0.15) is 0 Å². The molecular formula is C23H28FN3O4. The van der Waals surface area contributed by atoms with E-state index in [0.717, 1.165) is 5.56 Å². The lowest BCUT2D eigenvalue weighted by molar-refractivity contribution is -0.132. The van der Waals surface area contributed by atoms with Crippen LogP contribution in [0.15, 0.2) is 48.5 Å². The highest BCUT2D eigenvalue weighted by Gasteiger charge is 2.17. The van der Waals surface area contributed by atoms with Crippen molar-refractivity contribution in [3.63, 3.8) is 0 Å². The largest absolute Gasteiger partial charge is 0.478 e. The lowest BCUT2D eigenvalue weighted by Crippen LogP contribution is -2.47. The van der Waals surface area contributed by atoms with Gasteiger partial charge in [-0.2, -0.15) is 0 Å². The van der Waals surface area contributed by atoms with Gasteiger partial charge in [-0.25, -0.2) is 4.39 Å². The van der Waals surface area contributed by atoms with Crippen LogP contribution in [-0.2, 0) is 15.0 Å². The van der Waals surface area contributed by atoms with Crippen LogP contribution in [-0.4, -0.2) is 30.4 Å². The lowest BCUT2D eigenvalue weighted by atomic mass is 9.87. The highest BCUT2D eigenvalue weighted by molar-refractivity contribution is 5.94. The van der Waals surface area contributed by atoms with Crippen molar-refractivity contribution < 1.29 is 23.5 Å². The summed E-state index contributed by atoms with van der Waals surface area (Å²) in [6.45, 7) is 7.80. The fraction of sp³-hybridized carbons (Fsp3) is 0.348. The molecule has 0 saturated heterocycles. The molecule has 0 saturated carbocycles. The van der Waals surface area contributed by atoms with E-state index in [-0.39, 0.29) is 30.0 Å². The monoisotopic (exact) mass is 429 g/mol. The SMILES string of the molecule is CC(Oc1ccccc1F)C(=O)NNC(=O)CCNC(=O)c1ccc(C(C)(C)C)cc1. The Morgan fingerprint density at radius 2 is 1.65 bits per heavy atom. The van der Waals surface area contributed by atoms with Crippen LogP contribution in [0.25, 0.3) is 0 Å². The van der Waals surface area contributed by atoms with Crippen molar-refractivity contribution in [1.82, 2.24) is 16.2 Å². The summed E-state index contributed by atoms with van der Waals surface area (Å²) in [5.41, 5.74) is 6.07. The Hall–Kier alpha value is -3.42. The van der Waals surface area contributed by atoms with E-state index < -0.39 is 23.7 Å². The van der Waals surface area contributed by atoms with Gasteiger partial charge in [-0.15, -0.1) is 0 Å². The molecule has 0 aliphatic heterocycles. The molecule has 0 bridgehead atoms. The molecule has 2 aromatic carbocycles. The molecule has 0 aromatic heterocycles. The van der Waals surface area contributed by atoms with E-state index in [0.29, 0.717) is 5.56 Å². The van der Waals surface area contributed by atoms with E-state index in [1.807, 2.05) is 12.1 Å². The molecule has 31 heavy (non-hydrogen) atoms. The molecule has 0 aliphatic carbocycles. The molecule has 0 radical (unpaired) electrons. The fourth-order valence-corrected chi connectivity index (χ4v) is 2.59. The van der Waals surface area contributed by atoms with Gasteiger partial charge < -0.3 is 10.1 Å². The molecule has 166 valence electrons. The van der Waals surface area contributed by atoms with Crippen molar-refractivity contribution in [3.05, 3.63) is 65.5 Å². The van der Waals surface area contributed by atoms with Gasteiger partial charge in [0.2, 0.25) is 5.91 Å². The summed E-state index contributed by atoms with van der Waals surface area (Å²) in [7, 11) is 0. The Morgan fingerprint density at radius 3 is 2.26 bits per heavy atom. The number of hydrazine groups is 1. The van der Waals surface area contributed by atoms with E-state index in [9.17, 15) is 18.8 Å². The number of nitrogens with one attached hydrogen (secondary N) is 3. The van der Waals surface area contributed by atoms with Crippen LogP contribution in [0.4, 0.5) is 4.39 Å². The maximum atomic E-state index is 13.6. The number of para-hydroxylation sites is 1. The molecular weight excluding hydrogens is 401 g/mol. The Bertz CT molecular complexity index is 923. The molecule has 2 aromatic rings. The molecule has 8 heteroatoms. The second-order valence-electron chi connectivity index (χ2n) is 8.06. The third kappa shape index (κ3) is 7.40. The zero-order valence-corrected chi connectivity index (χ0v) is 18.1. The Morgan fingerprint density at radius 1 is 1.00 bits per heavy atom. The van der Waals surface area contributed by atoms with Gasteiger partial charge in [-0.3, -0.25) is 25.2 Å². The maximum Gasteiger partial charge on any atom is 0.279 e. The van der Waals surface area contributed by atoms with Crippen LogP contribution in [0.5, 0.6) is 5.75 Å². The highest BCUT2D eigenvalue weighted by atomic mass is 19.1. The van der Waals surface area contributed by atoms with E-state index in [4.69, 9.17) is 4.74 Å². The zero-order chi connectivity index (χ0) is 23.0. The van der Waals surface area contributed by atoms with Crippen molar-refractivity contribution in [2.24, 2.45) is 0 Å². The molecule has 2 rings (SSSR count). The summed E-state index contributed by atoms with van der Waals surface area (Å²) < 4.78 is 18.8. The topological polar surface area (TPSA) is 96.5 Å². The smallest absolute Gasteiger partial charge is 0.279 e. The summed E-state index contributed by atoms with van der Waals surface area (Å²) >= 11 is 0. The molecule has 0 fully saturated rings. The average Bonchev–Trinajstić information content (AvgIpc) is 2.73. The predicted molar refractivity (Wildman–Crippen MR) is 115 cm³/mol. The first-order valence-corrected chi connectivity index (χ1v) is 9.96. The van der Waals surface area contributed by atoms with E-state index in [2.05, 4.69) is 36.9 Å². The highest BCUT2D eigenvalue weighted by Crippen LogP contribution is 2.22. The van der Waals surface area contributed by atoms with Gasteiger partial charge in [-0.1, -0.05) is 45.0 Å². The molecule has 3 N–H and O–H groups in total. The first-order chi connectivity index (χ1) is 14.6. The van der Waals surface area contributed by atoms with Crippen LogP contribution in [0.3, 0.4) is 0 Å². The number of ether oxygens (including phenoxy) is 1. The second kappa shape index (κ2) is 10.6. The van der Waals surface area contributed by atoms with E-state index in [1.165, 1.54) is 25.1 Å². The zero-order valence-electron chi connectivity index (χ0n) is 18.1. The minimum atomic E-state index is -1.02. The van der Waals surface area contributed by atoms with Gasteiger partial charge in [0, 0.05) is 18.5 Å². The minimum absolute atomic E-state index is 0.00464. The number of carbonyl (C=O) groups is 3. The van der Waals surface area contributed by atoms with Crippen molar-refractivity contribution in [2.45, 2.75) is 45.6 Å². The standard InChI is InChI=1S/C23H28FN3O4/c1-15(31-19-8-6-5-7-18(19)24)21(29)27-26-20(28)13-14-25-22(30)16-9-11-17(12-10-16)23(2,3)4/h5-12,15H,13-14H2,1-4H3,(H,25,30)(H,26,28)(H,27,29). The number of rotatable bonds is 7. The lowest BCUT2D eigenvalue weighted by Gasteiger charge is -2.19. The number of halogens is 1. The Balaban J connectivity index is 1.71. The molecule has 1 unspecified atom stereocenters. The number of carbonyl (C=O) groups excluding carboxylic acids is 3. The summed E-state index contributed by atoms with van der Waals surface area (Å²) in [6, 6.07) is 13.0. The third-order valence-electron chi connectivity index (χ3n) is 4.49. The molecule has 0 aliphatic rings. The first kappa shape index (κ1) is 23.9. The van der Waals surface area contributed by atoms with Gasteiger partial charge in [0.25, 0.3) is 11.8 Å². The summed E-state index contributed by atoms with van der Waals surface area (Å²) in [5.74, 6) is -2.07. The van der Waals surface area contributed by atoms with Crippen LogP contribution < -0.4 is 20.9 Å². The van der Waals surface area contributed by atoms with Crippen LogP contribution >= 0.6 is 0 Å². The van der Waals surface area contributed by atoms with Gasteiger partial charge in [-0.05, 0) is 42.2 Å². The van der Waals surface area contributed by atoms with Crippen LogP contribution in [0.2, 0.25) is 0 Å².